The number of amides is 2. The third kappa shape index (κ3) is 7.88. The molecule has 0 fully saturated rings. The number of carbonyl (C=O) groups is 2. The van der Waals surface area contributed by atoms with Gasteiger partial charge in [0.15, 0.2) is 0 Å². The summed E-state index contributed by atoms with van der Waals surface area (Å²) < 4.78 is 35.5. The number of sulfonamides is 1. The average molecular weight is 618 g/mol. The van der Waals surface area contributed by atoms with Gasteiger partial charge in [-0.15, -0.1) is 0 Å². The number of ether oxygens (including phenoxy) is 1. The van der Waals surface area contributed by atoms with Crippen molar-refractivity contribution >= 4 is 32.7 Å². The second-order valence-electron chi connectivity index (χ2n) is 11.6. The van der Waals surface area contributed by atoms with Gasteiger partial charge in [-0.25, -0.2) is 13.1 Å². The monoisotopic (exact) mass is 617 g/mol. The molecule has 2 amide bonds. The highest BCUT2D eigenvalue weighted by atomic mass is 32.2. The summed E-state index contributed by atoms with van der Waals surface area (Å²) >= 11 is 0. The van der Waals surface area contributed by atoms with Crippen LogP contribution in [0.1, 0.15) is 83.4 Å². The van der Waals surface area contributed by atoms with Crippen LogP contribution in [-0.4, -0.2) is 38.5 Å². The normalized spacial score (nSPS) is 12.2. The number of hydrogen-bond acceptors (Lipinski definition) is 5. The van der Waals surface area contributed by atoms with Crippen LogP contribution in [0.15, 0.2) is 71.8 Å². The number of fused-ring (bicyclic) bond motifs is 1. The molecule has 44 heavy (non-hydrogen) atoms. The van der Waals surface area contributed by atoms with Gasteiger partial charge < -0.3 is 14.6 Å². The minimum Gasteiger partial charge on any atom is -0.496 e. The lowest BCUT2D eigenvalue weighted by Crippen LogP contribution is -2.31. The Kier molecular flexibility index (Phi) is 10.9. The number of hydrogen-bond donors (Lipinski definition) is 2. The summed E-state index contributed by atoms with van der Waals surface area (Å²) in [6.07, 6.45) is 8.51. The van der Waals surface area contributed by atoms with Crippen LogP contribution in [-0.2, 0) is 23.5 Å². The quantitative estimate of drug-likeness (QED) is 0.156. The zero-order valence-corrected chi connectivity index (χ0v) is 27.1. The van der Waals surface area contributed by atoms with Crippen molar-refractivity contribution in [1.82, 2.24) is 14.6 Å². The van der Waals surface area contributed by atoms with Crippen LogP contribution in [0.2, 0.25) is 0 Å². The smallest absolute Gasteiger partial charge is 0.265 e. The van der Waals surface area contributed by atoms with Gasteiger partial charge in [0.05, 0.1) is 12.0 Å². The molecule has 0 spiro atoms. The van der Waals surface area contributed by atoms with E-state index in [1.807, 2.05) is 36.0 Å². The number of aromatic nitrogens is 1. The molecule has 0 aliphatic carbocycles. The van der Waals surface area contributed by atoms with Gasteiger partial charge in [-0.3, -0.25) is 9.59 Å². The van der Waals surface area contributed by atoms with Crippen molar-refractivity contribution in [1.29, 1.82) is 0 Å². The van der Waals surface area contributed by atoms with Crippen LogP contribution in [0.25, 0.3) is 10.9 Å². The first-order chi connectivity index (χ1) is 21.0. The first-order valence-corrected chi connectivity index (χ1v) is 16.7. The lowest BCUT2D eigenvalue weighted by molar-refractivity contribution is 0.0945. The summed E-state index contributed by atoms with van der Waals surface area (Å²) in [4.78, 5) is 26.0. The average Bonchev–Trinajstić information content (AvgIpc) is 3.32. The molecule has 1 atom stereocenters. The second kappa shape index (κ2) is 14.6. The Morgan fingerprint density at radius 2 is 1.66 bits per heavy atom. The molecule has 0 aliphatic heterocycles. The predicted octanol–water partition coefficient (Wildman–Crippen LogP) is 6.54. The molecule has 4 aromatic rings. The fraction of sp³-hybridized carbons (Fsp3) is 0.371. The van der Waals surface area contributed by atoms with Crippen LogP contribution in [0.4, 0.5) is 0 Å². The topological polar surface area (TPSA) is 106 Å². The summed E-state index contributed by atoms with van der Waals surface area (Å²) in [7, 11) is -0.562. The van der Waals surface area contributed by atoms with Gasteiger partial charge in [-0.1, -0.05) is 63.8 Å². The SMILES string of the molecule is CCCCCCC(C)CNC(=O)c1ccc2c(c1)c(Cc1ccc(C(=O)NS(=O)(=O)c3ccccc3C)cc1OC)cn2C. The van der Waals surface area contributed by atoms with Crippen molar-refractivity contribution < 1.29 is 22.7 Å². The van der Waals surface area contributed by atoms with Crippen molar-refractivity contribution in [3.63, 3.8) is 0 Å². The fourth-order valence-corrected chi connectivity index (χ4v) is 6.70. The summed E-state index contributed by atoms with van der Waals surface area (Å²) in [5, 5.41) is 4.06. The van der Waals surface area contributed by atoms with Crippen LogP contribution in [0.5, 0.6) is 5.75 Å². The van der Waals surface area contributed by atoms with Crippen molar-refractivity contribution in [2.24, 2.45) is 13.0 Å². The minimum atomic E-state index is -4.04. The standard InChI is InChI=1S/C35H43N3O5S/c1-6-7-8-9-12-24(2)22-36-34(39)27-17-18-31-30(20-27)29(23-38(31)4)19-26-15-16-28(21-32(26)43-5)35(40)37-44(41,42)33-14-11-10-13-25(33)3/h10-11,13-18,20-21,23-24H,6-9,12,19,22H2,1-5H3,(H,36,39)(H,37,40). The molecule has 1 aromatic heterocycles. The van der Waals surface area contributed by atoms with Gasteiger partial charge >= 0.3 is 0 Å². The zero-order valence-electron chi connectivity index (χ0n) is 26.3. The van der Waals surface area contributed by atoms with E-state index in [1.54, 1.807) is 43.3 Å². The molecular weight excluding hydrogens is 574 g/mol. The number of nitrogens with one attached hydrogen (secondary N) is 2. The van der Waals surface area contributed by atoms with Gasteiger partial charge in [0.1, 0.15) is 5.75 Å². The van der Waals surface area contributed by atoms with E-state index in [0.29, 0.717) is 35.8 Å². The molecule has 3 aromatic carbocycles. The van der Waals surface area contributed by atoms with Gasteiger partial charge in [0.25, 0.3) is 21.8 Å². The maximum Gasteiger partial charge on any atom is 0.265 e. The number of benzene rings is 3. The number of carbonyl (C=O) groups excluding carboxylic acids is 2. The number of aryl methyl sites for hydroxylation is 2. The van der Waals surface area contributed by atoms with E-state index >= 15 is 0 Å². The summed E-state index contributed by atoms with van der Waals surface area (Å²) in [5.74, 6) is 0.0570. The van der Waals surface area contributed by atoms with Crippen LogP contribution in [0, 0.1) is 12.8 Å². The highest BCUT2D eigenvalue weighted by molar-refractivity contribution is 7.90. The number of nitrogens with zero attached hydrogens (tertiary/aromatic N) is 1. The Hall–Kier alpha value is -4.11. The lowest BCUT2D eigenvalue weighted by atomic mass is 10.00. The molecule has 0 radical (unpaired) electrons. The van der Waals surface area contributed by atoms with E-state index < -0.39 is 15.9 Å². The van der Waals surface area contributed by atoms with Crippen LogP contribution >= 0.6 is 0 Å². The maximum absolute atomic E-state index is 13.0. The van der Waals surface area contributed by atoms with Crippen molar-refractivity contribution in [2.75, 3.05) is 13.7 Å². The van der Waals surface area contributed by atoms with E-state index in [-0.39, 0.29) is 16.4 Å². The molecule has 1 heterocycles. The van der Waals surface area contributed by atoms with Crippen LogP contribution in [0.3, 0.4) is 0 Å². The predicted molar refractivity (Wildman–Crippen MR) is 175 cm³/mol. The van der Waals surface area contributed by atoms with Crippen molar-refractivity contribution in [3.8, 4) is 5.75 Å². The lowest BCUT2D eigenvalue weighted by Gasteiger charge is -2.13. The van der Waals surface area contributed by atoms with Crippen molar-refractivity contribution in [3.05, 3.63) is 94.7 Å². The second-order valence-corrected chi connectivity index (χ2v) is 13.2. The molecule has 0 saturated heterocycles. The molecule has 2 N–H and O–H groups in total. The molecule has 1 unspecified atom stereocenters. The highest BCUT2D eigenvalue weighted by Crippen LogP contribution is 2.29. The third-order valence-corrected chi connectivity index (χ3v) is 9.53. The first kappa shape index (κ1) is 32.8. The van der Waals surface area contributed by atoms with Crippen LogP contribution < -0.4 is 14.8 Å². The molecule has 0 aliphatic rings. The molecule has 234 valence electrons. The minimum absolute atomic E-state index is 0.0536. The molecule has 8 nitrogen and oxygen atoms in total. The molecule has 0 bridgehead atoms. The Labute approximate surface area is 260 Å². The van der Waals surface area contributed by atoms with E-state index in [4.69, 9.17) is 4.74 Å². The van der Waals surface area contributed by atoms with E-state index in [1.165, 1.54) is 38.9 Å². The summed E-state index contributed by atoms with van der Waals surface area (Å²) in [6, 6.07) is 17.1. The van der Waals surface area contributed by atoms with Gasteiger partial charge in [0.2, 0.25) is 0 Å². The first-order valence-electron chi connectivity index (χ1n) is 15.2. The summed E-state index contributed by atoms with van der Waals surface area (Å²) in [5.41, 5.74) is 4.14. The Bertz CT molecular complexity index is 1740. The Balaban J connectivity index is 1.49. The molecule has 4 rings (SSSR count). The maximum atomic E-state index is 13.0. The Morgan fingerprint density at radius 1 is 0.932 bits per heavy atom. The third-order valence-electron chi connectivity index (χ3n) is 8.04. The largest absolute Gasteiger partial charge is 0.496 e. The summed E-state index contributed by atoms with van der Waals surface area (Å²) in [6.45, 7) is 6.71. The van der Waals surface area contributed by atoms with Gasteiger partial charge in [-0.05, 0) is 72.4 Å². The van der Waals surface area contributed by atoms with Crippen molar-refractivity contribution in [2.45, 2.75) is 64.2 Å². The van der Waals surface area contributed by atoms with E-state index in [2.05, 4.69) is 23.9 Å². The van der Waals surface area contributed by atoms with E-state index in [9.17, 15) is 18.0 Å². The number of rotatable bonds is 14. The van der Waals surface area contributed by atoms with E-state index in [0.717, 1.165) is 28.5 Å². The van der Waals surface area contributed by atoms with Gasteiger partial charge in [-0.2, -0.15) is 0 Å². The van der Waals surface area contributed by atoms with Gasteiger partial charge in [0, 0.05) is 48.2 Å². The Morgan fingerprint density at radius 3 is 2.39 bits per heavy atom. The molecular formula is C35H43N3O5S. The zero-order chi connectivity index (χ0) is 31.9. The number of unbranched alkanes of at least 4 members (excludes halogenated alkanes) is 3. The molecule has 0 saturated carbocycles. The fourth-order valence-electron chi connectivity index (χ4n) is 5.48. The highest BCUT2D eigenvalue weighted by Gasteiger charge is 2.22. The molecule has 9 heteroatoms. The number of methoxy groups -OCH3 is 1.